The first-order valence-corrected chi connectivity index (χ1v) is 5.43. The molecule has 0 radical (unpaired) electrons. The molecule has 0 aliphatic carbocycles. The van der Waals surface area contributed by atoms with Gasteiger partial charge in [-0.25, -0.2) is 4.79 Å². The maximum Gasteiger partial charge on any atom is 0.339 e. The molecule has 88 valence electrons. The minimum Gasteiger partial charge on any atom is -0.507 e. The molecular formula is C11H13BrO4. The summed E-state index contributed by atoms with van der Waals surface area (Å²) in [6.45, 7) is 3.42. The summed E-state index contributed by atoms with van der Waals surface area (Å²) >= 11 is 3.19. The third-order valence-electron chi connectivity index (χ3n) is 2.43. The van der Waals surface area contributed by atoms with Crippen molar-refractivity contribution in [3.63, 3.8) is 0 Å². The molecule has 0 bridgehead atoms. The Morgan fingerprint density at radius 2 is 2.06 bits per heavy atom. The number of esters is 1. The smallest absolute Gasteiger partial charge is 0.339 e. The lowest BCUT2D eigenvalue weighted by molar-refractivity contribution is -0.150. The van der Waals surface area contributed by atoms with Crippen LogP contribution in [0.5, 0.6) is 5.75 Å². The summed E-state index contributed by atoms with van der Waals surface area (Å²) < 4.78 is 4.95. The first kappa shape index (κ1) is 13.0. The van der Waals surface area contributed by atoms with Crippen molar-refractivity contribution in [3.8, 4) is 5.75 Å². The van der Waals surface area contributed by atoms with Crippen LogP contribution in [0.15, 0.2) is 10.5 Å². The molecule has 16 heavy (non-hydrogen) atoms. The second-order valence-electron chi connectivity index (χ2n) is 3.49. The van der Waals surface area contributed by atoms with E-state index in [0.717, 1.165) is 0 Å². The van der Waals surface area contributed by atoms with Crippen LogP contribution in [0, 0.1) is 13.8 Å². The van der Waals surface area contributed by atoms with Crippen LogP contribution in [0.1, 0.15) is 22.8 Å². The number of aromatic hydroxyl groups is 1. The summed E-state index contributed by atoms with van der Waals surface area (Å²) in [5, 5.41) is 19.3. The van der Waals surface area contributed by atoms with Crippen LogP contribution in [0.25, 0.3) is 0 Å². The number of benzene rings is 1. The van der Waals surface area contributed by atoms with Crippen LogP contribution in [-0.2, 0) is 9.53 Å². The number of aryl methyl sites for hydroxylation is 1. The Morgan fingerprint density at radius 3 is 2.56 bits per heavy atom. The summed E-state index contributed by atoms with van der Waals surface area (Å²) in [6, 6.07) is 1.48. The van der Waals surface area contributed by atoms with Crippen molar-refractivity contribution in [2.45, 2.75) is 20.0 Å². The summed E-state index contributed by atoms with van der Waals surface area (Å²) in [6.07, 6.45) is -1.33. The van der Waals surface area contributed by atoms with Crippen LogP contribution < -0.4 is 0 Å². The van der Waals surface area contributed by atoms with E-state index in [-0.39, 0.29) is 5.75 Å². The van der Waals surface area contributed by atoms with Gasteiger partial charge in [0.15, 0.2) is 6.10 Å². The van der Waals surface area contributed by atoms with E-state index >= 15 is 0 Å². The van der Waals surface area contributed by atoms with E-state index in [0.29, 0.717) is 21.2 Å². The molecule has 1 rings (SSSR count). The number of rotatable bonds is 2. The second-order valence-corrected chi connectivity index (χ2v) is 4.28. The van der Waals surface area contributed by atoms with Gasteiger partial charge in [-0.05, 0) is 52.5 Å². The minimum absolute atomic E-state index is 0.0795. The molecule has 1 aromatic rings. The van der Waals surface area contributed by atoms with E-state index in [1.807, 2.05) is 0 Å². The van der Waals surface area contributed by atoms with Gasteiger partial charge in [-0.15, -0.1) is 0 Å². The quantitative estimate of drug-likeness (QED) is 0.817. The average Bonchev–Trinajstić information content (AvgIpc) is 2.24. The Bertz CT molecular complexity index is 428. The predicted octanol–water partition coefficient (Wildman–Crippen LogP) is 1.98. The van der Waals surface area contributed by atoms with E-state index < -0.39 is 12.1 Å². The lowest BCUT2D eigenvalue weighted by Crippen LogP contribution is -2.16. The Labute approximate surface area is 102 Å². The van der Waals surface area contributed by atoms with Crippen LogP contribution in [-0.4, -0.2) is 23.3 Å². The third kappa shape index (κ3) is 2.20. The highest BCUT2D eigenvalue weighted by Crippen LogP contribution is 2.35. The standard InChI is InChI=1S/C11H13BrO4/c1-5-4-7(13)9(12)6(2)8(5)10(14)11(15)16-3/h4,10,13-14H,1-3H3. The zero-order valence-corrected chi connectivity index (χ0v) is 10.8. The highest BCUT2D eigenvalue weighted by atomic mass is 79.9. The van der Waals surface area contributed by atoms with Gasteiger partial charge in [-0.3, -0.25) is 0 Å². The summed E-state index contributed by atoms with van der Waals surface area (Å²) in [5.74, 6) is -0.639. The predicted molar refractivity (Wildman–Crippen MR) is 62.3 cm³/mol. The van der Waals surface area contributed by atoms with Crippen molar-refractivity contribution >= 4 is 21.9 Å². The molecule has 0 heterocycles. The number of carbonyl (C=O) groups excluding carboxylic acids is 1. The van der Waals surface area contributed by atoms with Gasteiger partial charge in [0.05, 0.1) is 11.6 Å². The Morgan fingerprint density at radius 1 is 1.50 bits per heavy atom. The molecular weight excluding hydrogens is 276 g/mol. The third-order valence-corrected chi connectivity index (χ3v) is 3.44. The van der Waals surface area contributed by atoms with Crippen molar-refractivity contribution in [1.82, 2.24) is 0 Å². The summed E-state index contributed by atoms with van der Waals surface area (Å²) in [5.41, 5.74) is 1.71. The van der Waals surface area contributed by atoms with E-state index in [9.17, 15) is 15.0 Å². The van der Waals surface area contributed by atoms with Crippen molar-refractivity contribution in [2.24, 2.45) is 0 Å². The van der Waals surface area contributed by atoms with Gasteiger partial charge in [0.1, 0.15) is 5.75 Å². The summed E-state index contributed by atoms with van der Waals surface area (Å²) in [7, 11) is 1.21. The number of hydrogen-bond donors (Lipinski definition) is 2. The first-order chi connectivity index (χ1) is 7.40. The van der Waals surface area contributed by atoms with E-state index in [4.69, 9.17) is 0 Å². The number of phenolic OH excluding ortho intramolecular Hbond substituents is 1. The number of halogens is 1. The SMILES string of the molecule is COC(=O)C(O)c1c(C)cc(O)c(Br)c1C. The van der Waals surface area contributed by atoms with Crippen molar-refractivity contribution in [2.75, 3.05) is 7.11 Å². The zero-order valence-electron chi connectivity index (χ0n) is 9.24. The van der Waals surface area contributed by atoms with Crippen LogP contribution in [0.3, 0.4) is 0 Å². The Kier molecular flexibility index (Phi) is 3.93. The first-order valence-electron chi connectivity index (χ1n) is 4.64. The number of carbonyl (C=O) groups is 1. The Balaban J connectivity index is 3.34. The maximum atomic E-state index is 11.3. The second kappa shape index (κ2) is 4.84. The van der Waals surface area contributed by atoms with Gasteiger partial charge < -0.3 is 14.9 Å². The van der Waals surface area contributed by atoms with Crippen LogP contribution >= 0.6 is 15.9 Å². The number of phenols is 1. The lowest BCUT2D eigenvalue weighted by atomic mass is 9.97. The van der Waals surface area contributed by atoms with E-state index in [1.165, 1.54) is 13.2 Å². The molecule has 5 heteroatoms. The number of aliphatic hydroxyl groups excluding tert-OH is 1. The fourth-order valence-electron chi connectivity index (χ4n) is 1.60. The van der Waals surface area contributed by atoms with Gasteiger partial charge in [-0.2, -0.15) is 0 Å². The molecule has 0 saturated carbocycles. The molecule has 0 amide bonds. The molecule has 0 saturated heterocycles. The van der Waals surface area contributed by atoms with Gasteiger partial charge in [0.2, 0.25) is 0 Å². The summed E-state index contributed by atoms with van der Waals surface area (Å²) in [4.78, 5) is 11.3. The molecule has 0 aliphatic heterocycles. The van der Waals surface area contributed by atoms with E-state index in [2.05, 4.69) is 20.7 Å². The highest BCUT2D eigenvalue weighted by molar-refractivity contribution is 9.10. The number of aliphatic hydroxyl groups is 1. The molecule has 0 aromatic heterocycles. The molecule has 4 nitrogen and oxygen atoms in total. The molecule has 0 aliphatic rings. The largest absolute Gasteiger partial charge is 0.507 e. The number of ether oxygens (including phenoxy) is 1. The molecule has 0 spiro atoms. The maximum absolute atomic E-state index is 11.3. The monoisotopic (exact) mass is 288 g/mol. The van der Waals surface area contributed by atoms with Gasteiger partial charge in [-0.1, -0.05) is 0 Å². The lowest BCUT2D eigenvalue weighted by Gasteiger charge is -2.16. The van der Waals surface area contributed by atoms with Crippen molar-refractivity contribution in [1.29, 1.82) is 0 Å². The number of hydrogen-bond acceptors (Lipinski definition) is 4. The van der Waals surface area contributed by atoms with Crippen molar-refractivity contribution in [3.05, 3.63) is 27.2 Å². The van der Waals surface area contributed by atoms with Gasteiger partial charge >= 0.3 is 5.97 Å². The molecule has 1 atom stereocenters. The molecule has 1 unspecified atom stereocenters. The van der Waals surface area contributed by atoms with E-state index in [1.54, 1.807) is 13.8 Å². The average molecular weight is 289 g/mol. The highest BCUT2D eigenvalue weighted by Gasteiger charge is 2.24. The van der Waals surface area contributed by atoms with Gasteiger partial charge in [0, 0.05) is 0 Å². The van der Waals surface area contributed by atoms with Crippen LogP contribution in [0.2, 0.25) is 0 Å². The van der Waals surface area contributed by atoms with Gasteiger partial charge in [0.25, 0.3) is 0 Å². The molecule has 1 aromatic carbocycles. The topological polar surface area (TPSA) is 66.8 Å². The van der Waals surface area contributed by atoms with Crippen molar-refractivity contribution < 1.29 is 19.7 Å². The fraction of sp³-hybridized carbons (Fsp3) is 0.364. The zero-order chi connectivity index (χ0) is 12.5. The van der Waals surface area contributed by atoms with Crippen LogP contribution in [0.4, 0.5) is 0 Å². The minimum atomic E-state index is -1.33. The normalized spacial score (nSPS) is 12.3. The Hall–Kier alpha value is -1.07. The molecule has 0 fully saturated rings. The fourth-order valence-corrected chi connectivity index (χ4v) is 1.93. The number of methoxy groups -OCH3 is 1. The molecule has 2 N–H and O–H groups in total.